The molecule has 0 saturated carbocycles. The first-order valence-corrected chi connectivity index (χ1v) is 12.3. The van der Waals surface area contributed by atoms with Gasteiger partial charge < -0.3 is 32.0 Å². The number of carbonyl (C=O) groups is 2. The van der Waals surface area contributed by atoms with Gasteiger partial charge in [0.05, 0.1) is 27.5 Å². The van der Waals surface area contributed by atoms with Crippen LogP contribution in [0.2, 0.25) is 0 Å². The number of nitrogens with two attached hydrogens (primary N) is 3. The number of anilines is 1. The lowest BCUT2D eigenvalue weighted by Gasteiger charge is -2.36. The number of carbonyl (C=O) groups excluding carboxylic acids is 2. The Bertz CT molecular complexity index is 1650. The van der Waals surface area contributed by atoms with Gasteiger partial charge in [0, 0.05) is 53.2 Å². The third-order valence-electron chi connectivity index (χ3n) is 6.77. The van der Waals surface area contributed by atoms with Gasteiger partial charge in [0.2, 0.25) is 5.91 Å². The van der Waals surface area contributed by atoms with E-state index in [0.29, 0.717) is 36.2 Å². The molecule has 3 aromatic carbocycles. The van der Waals surface area contributed by atoms with Crippen LogP contribution in [0, 0.1) is 20.2 Å². The zero-order chi connectivity index (χ0) is 29.5. The molecule has 0 radical (unpaired) electrons. The summed E-state index contributed by atoms with van der Waals surface area (Å²) in [7, 11) is 0. The molecule has 0 fully saturated rings. The summed E-state index contributed by atoms with van der Waals surface area (Å²) in [5.74, 6) is -1.19. The molecule has 15 nitrogen and oxygen atoms in total. The summed E-state index contributed by atoms with van der Waals surface area (Å²) in [6, 6.07) is 11.4. The van der Waals surface area contributed by atoms with Gasteiger partial charge in [-0.25, -0.2) is 4.79 Å². The molecular formula is C26H23N7O8. The average molecular weight is 562 g/mol. The number of rotatable bonds is 8. The molecule has 2 heterocycles. The summed E-state index contributed by atoms with van der Waals surface area (Å²) in [5.41, 5.74) is 15.6. The molecule has 2 aliphatic rings. The van der Waals surface area contributed by atoms with Gasteiger partial charge in [-0.2, -0.15) is 0 Å². The first-order chi connectivity index (χ1) is 19.5. The fraction of sp³-hybridized carbons (Fsp3) is 0.192. The second kappa shape index (κ2) is 10.2. The van der Waals surface area contributed by atoms with Crippen molar-refractivity contribution in [3.8, 4) is 11.5 Å². The predicted octanol–water partition coefficient (Wildman–Crippen LogP) is 2.39. The molecule has 41 heavy (non-hydrogen) atoms. The summed E-state index contributed by atoms with van der Waals surface area (Å²) in [6.45, 7) is 0.312. The Labute approximate surface area is 231 Å². The highest BCUT2D eigenvalue weighted by Crippen LogP contribution is 2.57. The van der Waals surface area contributed by atoms with Gasteiger partial charge in [-0.15, -0.1) is 0 Å². The monoisotopic (exact) mass is 561 g/mol. The van der Waals surface area contributed by atoms with Crippen LogP contribution < -0.4 is 27.3 Å². The van der Waals surface area contributed by atoms with E-state index in [0.717, 1.165) is 6.07 Å². The molecule has 5 rings (SSSR count). The third-order valence-corrected chi connectivity index (χ3v) is 6.77. The van der Waals surface area contributed by atoms with Crippen LogP contribution in [0.1, 0.15) is 39.9 Å². The molecule has 2 aliphatic heterocycles. The largest absolute Gasteiger partial charge is 0.456 e. The van der Waals surface area contributed by atoms with E-state index >= 15 is 0 Å². The van der Waals surface area contributed by atoms with Crippen molar-refractivity contribution >= 4 is 34.9 Å². The Morgan fingerprint density at radius 3 is 2.22 bits per heavy atom. The topological polar surface area (TPSA) is 241 Å². The number of nitro groups is 2. The molecule has 0 aromatic heterocycles. The van der Waals surface area contributed by atoms with Crippen molar-refractivity contribution in [1.29, 1.82) is 0 Å². The number of ether oxygens (including phenoxy) is 2. The number of nitrogens with zero attached hydrogens (tertiary/aromatic N) is 3. The van der Waals surface area contributed by atoms with Gasteiger partial charge in [0.25, 0.3) is 11.4 Å². The van der Waals surface area contributed by atoms with Crippen LogP contribution in [-0.4, -0.2) is 40.3 Å². The molecule has 2 unspecified atom stereocenters. The summed E-state index contributed by atoms with van der Waals surface area (Å²) >= 11 is 0. The molecular weight excluding hydrogens is 538 g/mol. The Balaban J connectivity index is 1.54. The van der Waals surface area contributed by atoms with E-state index in [2.05, 4.69) is 10.3 Å². The minimum absolute atomic E-state index is 0.0274. The summed E-state index contributed by atoms with van der Waals surface area (Å²) in [6.07, 6.45) is 0.782. The Kier molecular flexibility index (Phi) is 6.72. The van der Waals surface area contributed by atoms with Crippen molar-refractivity contribution < 1.29 is 28.9 Å². The van der Waals surface area contributed by atoms with Gasteiger partial charge in [0.15, 0.2) is 11.6 Å². The standard InChI is InChI=1S/C26H23N7O8/c27-20(2-1-9-30-25(28)29)23(34)31-13-3-6-18-21(10-13)40-22-12-15(33(38)39)5-8-19(22)26(18)17-7-4-14(32(36)37)11-16(17)24(35)41-26/h3-8,10-12,20H,1-2,9,27H2,(H,31,34)(H4,28,29,30). The smallest absolute Gasteiger partial charge is 0.340 e. The van der Waals surface area contributed by atoms with E-state index in [1.165, 1.54) is 36.4 Å². The molecule has 0 bridgehead atoms. The number of non-ortho nitro benzene ring substituents is 2. The van der Waals surface area contributed by atoms with Gasteiger partial charge in [-0.1, -0.05) is 0 Å². The molecule has 7 N–H and O–H groups in total. The van der Waals surface area contributed by atoms with Crippen LogP contribution in [0.25, 0.3) is 0 Å². The van der Waals surface area contributed by atoms with Gasteiger partial charge >= 0.3 is 5.97 Å². The van der Waals surface area contributed by atoms with Crippen molar-refractivity contribution in [3.05, 3.63) is 97.1 Å². The highest BCUT2D eigenvalue weighted by molar-refractivity contribution is 5.98. The van der Waals surface area contributed by atoms with Crippen molar-refractivity contribution in [2.24, 2.45) is 22.2 Å². The average Bonchev–Trinajstić information content (AvgIpc) is 3.22. The Hall–Kier alpha value is -5.57. The van der Waals surface area contributed by atoms with E-state index in [9.17, 15) is 29.8 Å². The van der Waals surface area contributed by atoms with Crippen molar-refractivity contribution in [3.63, 3.8) is 0 Å². The molecule has 2 atom stereocenters. The minimum Gasteiger partial charge on any atom is -0.456 e. The number of amides is 1. The number of guanidine groups is 1. The van der Waals surface area contributed by atoms with Crippen LogP contribution in [0.4, 0.5) is 17.1 Å². The highest BCUT2D eigenvalue weighted by atomic mass is 16.6. The summed E-state index contributed by atoms with van der Waals surface area (Å²) in [5, 5.41) is 25.5. The lowest BCUT2D eigenvalue weighted by atomic mass is 9.77. The van der Waals surface area contributed by atoms with E-state index in [1.54, 1.807) is 12.1 Å². The summed E-state index contributed by atoms with van der Waals surface area (Å²) in [4.78, 5) is 51.2. The van der Waals surface area contributed by atoms with Gasteiger partial charge in [-0.05, 0) is 37.1 Å². The van der Waals surface area contributed by atoms with Crippen LogP contribution in [-0.2, 0) is 15.1 Å². The quantitative estimate of drug-likeness (QED) is 0.0776. The van der Waals surface area contributed by atoms with Crippen molar-refractivity contribution in [2.75, 3.05) is 11.9 Å². The van der Waals surface area contributed by atoms with Crippen LogP contribution >= 0.6 is 0 Å². The second-order valence-corrected chi connectivity index (χ2v) is 9.35. The van der Waals surface area contributed by atoms with E-state index in [-0.39, 0.29) is 40.0 Å². The fourth-order valence-electron chi connectivity index (χ4n) is 4.90. The van der Waals surface area contributed by atoms with E-state index in [4.69, 9.17) is 26.7 Å². The predicted molar refractivity (Wildman–Crippen MR) is 145 cm³/mol. The maximum Gasteiger partial charge on any atom is 0.340 e. The summed E-state index contributed by atoms with van der Waals surface area (Å²) < 4.78 is 12.0. The zero-order valence-corrected chi connectivity index (χ0v) is 21.2. The Morgan fingerprint density at radius 1 is 0.951 bits per heavy atom. The third kappa shape index (κ3) is 4.74. The van der Waals surface area contributed by atoms with E-state index < -0.39 is 33.4 Å². The van der Waals surface area contributed by atoms with Crippen LogP contribution in [0.5, 0.6) is 11.5 Å². The lowest BCUT2D eigenvalue weighted by Crippen LogP contribution is -2.36. The van der Waals surface area contributed by atoms with Crippen LogP contribution in [0.15, 0.2) is 59.6 Å². The zero-order valence-electron chi connectivity index (χ0n) is 21.2. The Morgan fingerprint density at radius 2 is 1.56 bits per heavy atom. The number of fused-ring (bicyclic) bond motifs is 6. The first-order valence-electron chi connectivity index (χ1n) is 12.3. The number of benzene rings is 3. The number of aliphatic imine (C=N–C) groups is 1. The van der Waals surface area contributed by atoms with Crippen molar-refractivity contribution in [1.82, 2.24) is 0 Å². The SMILES string of the molecule is NC(N)=NCCCC(N)C(=O)Nc1ccc2c(c1)Oc1cc([N+](=O)[O-])ccc1C21OC(=O)c2cc([N+](=O)[O-])ccc21. The molecule has 210 valence electrons. The second-order valence-electron chi connectivity index (χ2n) is 9.35. The van der Waals surface area contributed by atoms with Gasteiger partial charge in [0.1, 0.15) is 11.5 Å². The molecule has 15 heteroatoms. The molecule has 0 aliphatic carbocycles. The van der Waals surface area contributed by atoms with E-state index in [1.807, 2.05) is 0 Å². The number of nitro benzene ring substituents is 2. The van der Waals surface area contributed by atoms with Crippen LogP contribution in [0.3, 0.4) is 0 Å². The normalized spacial score (nSPS) is 16.9. The molecule has 3 aromatic rings. The molecule has 1 amide bonds. The maximum atomic E-state index is 13.1. The fourth-order valence-corrected chi connectivity index (χ4v) is 4.90. The number of hydrogen-bond donors (Lipinski definition) is 4. The number of esters is 1. The highest BCUT2D eigenvalue weighted by Gasteiger charge is 2.54. The number of nitrogens with one attached hydrogen (secondary N) is 1. The molecule has 1 spiro atoms. The minimum atomic E-state index is -1.62. The molecule has 0 saturated heterocycles. The first kappa shape index (κ1) is 27.0. The maximum absolute atomic E-state index is 13.1. The van der Waals surface area contributed by atoms with Gasteiger partial charge in [-0.3, -0.25) is 30.0 Å². The lowest BCUT2D eigenvalue weighted by molar-refractivity contribution is -0.385. The van der Waals surface area contributed by atoms with Crippen molar-refractivity contribution in [2.45, 2.75) is 24.5 Å². The number of hydrogen-bond acceptors (Lipinski definition) is 10.